The van der Waals surface area contributed by atoms with E-state index in [0.717, 1.165) is 19.3 Å². The maximum atomic E-state index is 13.2. The van der Waals surface area contributed by atoms with E-state index in [1.165, 1.54) is 13.3 Å². The second-order valence-corrected chi connectivity index (χ2v) is 7.97. The molecule has 2 amide bonds. The number of carbonyl (C=O) groups is 3. The van der Waals surface area contributed by atoms with Gasteiger partial charge in [0.1, 0.15) is 12.2 Å². The molecule has 2 saturated heterocycles. The molecule has 2 saturated carbocycles. The zero-order chi connectivity index (χ0) is 16.6. The van der Waals surface area contributed by atoms with Crippen molar-refractivity contribution in [2.75, 3.05) is 6.61 Å². The number of rotatable bonds is 3. The number of nitrogens with zero attached hydrogens (tertiary/aromatic N) is 1. The van der Waals surface area contributed by atoms with Crippen LogP contribution >= 0.6 is 0 Å². The maximum absolute atomic E-state index is 13.2. The lowest BCUT2D eigenvalue weighted by Crippen LogP contribution is -2.48. The summed E-state index contributed by atoms with van der Waals surface area (Å²) in [6.07, 6.45) is 7.75. The first kappa shape index (κ1) is 14.6. The molecular formula is C18H21NO5. The molecule has 24 heavy (non-hydrogen) atoms. The molecule has 0 aromatic rings. The minimum Gasteiger partial charge on any atom is -0.462 e. The molecule has 128 valence electrons. The van der Waals surface area contributed by atoms with Gasteiger partial charge in [0.05, 0.1) is 17.9 Å². The van der Waals surface area contributed by atoms with Gasteiger partial charge in [0, 0.05) is 13.0 Å². The van der Waals surface area contributed by atoms with Crippen molar-refractivity contribution in [1.82, 2.24) is 4.90 Å². The van der Waals surface area contributed by atoms with Crippen LogP contribution in [0.25, 0.3) is 0 Å². The molecule has 0 aromatic heterocycles. The summed E-state index contributed by atoms with van der Waals surface area (Å²) >= 11 is 0. The Bertz CT molecular complexity index is 672. The molecular weight excluding hydrogens is 310 g/mol. The summed E-state index contributed by atoms with van der Waals surface area (Å²) in [5, 5.41) is 0. The van der Waals surface area contributed by atoms with Crippen LogP contribution in [0.4, 0.5) is 0 Å². The van der Waals surface area contributed by atoms with E-state index in [1.807, 2.05) is 12.2 Å². The van der Waals surface area contributed by atoms with Gasteiger partial charge in [-0.1, -0.05) is 12.5 Å². The van der Waals surface area contributed by atoms with Crippen LogP contribution < -0.4 is 0 Å². The summed E-state index contributed by atoms with van der Waals surface area (Å²) in [7, 11) is 0. The second-order valence-electron chi connectivity index (χ2n) is 7.97. The van der Waals surface area contributed by atoms with Gasteiger partial charge in [-0.3, -0.25) is 19.3 Å². The van der Waals surface area contributed by atoms with E-state index in [-0.39, 0.29) is 30.6 Å². The molecule has 0 N–H and O–H groups in total. The molecule has 3 aliphatic heterocycles. The van der Waals surface area contributed by atoms with Gasteiger partial charge in [0.2, 0.25) is 11.8 Å². The van der Waals surface area contributed by atoms with Crippen molar-refractivity contribution in [1.29, 1.82) is 0 Å². The first-order chi connectivity index (χ1) is 11.5. The van der Waals surface area contributed by atoms with Gasteiger partial charge >= 0.3 is 5.97 Å². The van der Waals surface area contributed by atoms with E-state index in [9.17, 15) is 14.4 Å². The molecule has 3 heterocycles. The first-order valence-corrected chi connectivity index (χ1v) is 8.87. The lowest BCUT2D eigenvalue weighted by atomic mass is 9.77. The standard InChI is InChI=1S/C18H21NO5/c1-9(20)23-8-18-5-4-13(24-18)14-15(18)17(22)19(16(14)21)12-7-10-2-3-11(12)6-10/h4-5,10-15H,2-3,6-8H2,1H3/t10-,11-,12+,13+,14-,15+,18+/m0/s1. The Kier molecular flexibility index (Phi) is 2.86. The minimum absolute atomic E-state index is 0.0000796. The molecule has 4 fully saturated rings. The van der Waals surface area contributed by atoms with Crippen molar-refractivity contribution in [2.45, 2.75) is 50.4 Å². The van der Waals surface area contributed by atoms with Gasteiger partial charge < -0.3 is 9.47 Å². The summed E-state index contributed by atoms with van der Waals surface area (Å²) < 4.78 is 11.1. The molecule has 7 atom stereocenters. The summed E-state index contributed by atoms with van der Waals surface area (Å²) in [6.45, 7) is 1.34. The SMILES string of the molecule is CC(=O)OC[C@@]12C=C[C@@H](O1)[C@@H]1C(=O)N([C@@H]3C[C@H]4CC[C@H]3C4)C(=O)[C@@H]12. The lowest BCUT2D eigenvalue weighted by Gasteiger charge is -2.32. The normalized spacial score (nSPS) is 47.8. The fraction of sp³-hybridized carbons (Fsp3) is 0.722. The number of carbonyl (C=O) groups excluding carboxylic acids is 3. The van der Waals surface area contributed by atoms with Crippen LogP contribution in [-0.4, -0.2) is 47.0 Å². The van der Waals surface area contributed by atoms with E-state index < -0.39 is 23.4 Å². The third-order valence-electron chi connectivity index (χ3n) is 6.72. The summed E-state index contributed by atoms with van der Waals surface area (Å²) in [6, 6.07) is 0.0690. The molecule has 4 bridgehead atoms. The van der Waals surface area contributed by atoms with Crippen LogP contribution in [0.5, 0.6) is 0 Å². The Morgan fingerprint density at radius 1 is 1.33 bits per heavy atom. The number of fused-ring (bicyclic) bond motifs is 7. The maximum Gasteiger partial charge on any atom is 0.302 e. The van der Waals surface area contributed by atoms with Crippen LogP contribution in [-0.2, 0) is 23.9 Å². The topological polar surface area (TPSA) is 72.9 Å². The first-order valence-electron chi connectivity index (χ1n) is 8.87. The lowest BCUT2D eigenvalue weighted by molar-refractivity contribution is -0.156. The van der Waals surface area contributed by atoms with Crippen LogP contribution in [0.3, 0.4) is 0 Å². The van der Waals surface area contributed by atoms with E-state index in [2.05, 4.69) is 0 Å². The monoisotopic (exact) mass is 331 g/mol. The Hall–Kier alpha value is -1.69. The number of amides is 2. The van der Waals surface area contributed by atoms with Gasteiger partial charge in [0.15, 0.2) is 0 Å². The minimum atomic E-state index is -0.958. The number of imide groups is 1. The highest BCUT2D eigenvalue weighted by Crippen LogP contribution is 2.55. The molecule has 6 heteroatoms. The van der Waals surface area contributed by atoms with Crippen molar-refractivity contribution in [3.63, 3.8) is 0 Å². The third kappa shape index (κ3) is 1.72. The largest absolute Gasteiger partial charge is 0.462 e. The number of hydrogen-bond donors (Lipinski definition) is 0. The number of esters is 1. The Labute approximate surface area is 140 Å². The van der Waals surface area contributed by atoms with Gasteiger partial charge in [-0.05, 0) is 37.2 Å². The van der Waals surface area contributed by atoms with Gasteiger partial charge in [-0.25, -0.2) is 0 Å². The fourth-order valence-corrected chi connectivity index (χ4v) is 5.76. The van der Waals surface area contributed by atoms with Crippen LogP contribution in [0, 0.1) is 23.7 Å². The van der Waals surface area contributed by atoms with Crippen molar-refractivity contribution < 1.29 is 23.9 Å². The molecule has 0 spiro atoms. The van der Waals surface area contributed by atoms with Crippen LogP contribution in [0.15, 0.2) is 12.2 Å². The highest BCUT2D eigenvalue weighted by Gasteiger charge is 2.69. The smallest absolute Gasteiger partial charge is 0.302 e. The molecule has 2 aliphatic carbocycles. The summed E-state index contributed by atoms with van der Waals surface area (Å²) in [5.74, 6) is -0.464. The Morgan fingerprint density at radius 2 is 2.17 bits per heavy atom. The molecule has 5 rings (SSSR count). The van der Waals surface area contributed by atoms with Gasteiger partial charge in [-0.2, -0.15) is 0 Å². The zero-order valence-corrected chi connectivity index (χ0v) is 13.6. The number of ether oxygens (including phenoxy) is 2. The highest BCUT2D eigenvalue weighted by atomic mass is 16.6. The Morgan fingerprint density at radius 3 is 2.83 bits per heavy atom. The number of likely N-dealkylation sites (tertiary alicyclic amines) is 1. The fourth-order valence-electron chi connectivity index (χ4n) is 5.76. The van der Waals surface area contributed by atoms with Gasteiger partial charge in [-0.15, -0.1) is 0 Å². The Balaban J connectivity index is 1.45. The summed E-state index contributed by atoms with van der Waals surface area (Å²) in [4.78, 5) is 38.9. The second kappa shape index (κ2) is 4.69. The summed E-state index contributed by atoms with van der Waals surface area (Å²) in [5.41, 5.74) is -0.958. The average molecular weight is 331 g/mol. The molecule has 0 unspecified atom stereocenters. The van der Waals surface area contributed by atoms with Crippen molar-refractivity contribution in [2.24, 2.45) is 23.7 Å². The van der Waals surface area contributed by atoms with Crippen LogP contribution in [0.2, 0.25) is 0 Å². The predicted octanol–water partition coefficient (Wildman–Crippen LogP) is 1.05. The van der Waals surface area contributed by atoms with Gasteiger partial charge in [0.25, 0.3) is 0 Å². The predicted molar refractivity (Wildman–Crippen MR) is 81.4 cm³/mol. The molecule has 0 aromatic carbocycles. The van der Waals surface area contributed by atoms with E-state index >= 15 is 0 Å². The zero-order valence-electron chi connectivity index (χ0n) is 13.6. The van der Waals surface area contributed by atoms with E-state index in [0.29, 0.717) is 11.8 Å². The highest BCUT2D eigenvalue weighted by molar-refractivity contribution is 6.07. The van der Waals surface area contributed by atoms with Crippen molar-refractivity contribution in [3.05, 3.63) is 12.2 Å². The molecule has 5 aliphatic rings. The molecule has 0 radical (unpaired) electrons. The van der Waals surface area contributed by atoms with Crippen LogP contribution in [0.1, 0.15) is 32.6 Å². The average Bonchev–Trinajstić information content (AvgIpc) is 3.32. The quantitative estimate of drug-likeness (QED) is 0.439. The van der Waals surface area contributed by atoms with Crippen molar-refractivity contribution in [3.8, 4) is 0 Å². The van der Waals surface area contributed by atoms with E-state index in [4.69, 9.17) is 9.47 Å². The number of hydrogen-bond acceptors (Lipinski definition) is 5. The van der Waals surface area contributed by atoms with E-state index in [1.54, 1.807) is 4.90 Å². The van der Waals surface area contributed by atoms with Crippen molar-refractivity contribution >= 4 is 17.8 Å². The third-order valence-corrected chi connectivity index (χ3v) is 6.72. The molecule has 6 nitrogen and oxygen atoms in total.